The molecule has 100 valence electrons. The van der Waals surface area contributed by atoms with Crippen LogP contribution in [0.1, 0.15) is 12.8 Å². The minimum atomic E-state index is -0.666. The van der Waals surface area contributed by atoms with Crippen molar-refractivity contribution in [3.05, 3.63) is 18.6 Å². The Balaban J connectivity index is 1.86. The Morgan fingerprint density at radius 1 is 1.37 bits per heavy atom. The smallest absolute Gasteiger partial charge is 0.142 e. The van der Waals surface area contributed by atoms with Crippen LogP contribution in [-0.2, 0) is 0 Å². The molecule has 1 fully saturated rings. The van der Waals surface area contributed by atoms with E-state index >= 15 is 0 Å². The molecule has 1 aliphatic rings. The van der Waals surface area contributed by atoms with E-state index in [4.69, 9.17) is 16.9 Å². The van der Waals surface area contributed by atoms with Crippen molar-refractivity contribution in [1.82, 2.24) is 15.0 Å². The van der Waals surface area contributed by atoms with E-state index in [0.717, 1.165) is 29.9 Å². The van der Waals surface area contributed by atoms with Gasteiger partial charge >= 0.3 is 0 Å². The minimum Gasteiger partial charge on any atom is -0.386 e. The van der Waals surface area contributed by atoms with E-state index in [2.05, 4.69) is 19.9 Å². The molecule has 7 heteroatoms. The highest BCUT2D eigenvalue weighted by molar-refractivity contribution is 5.89. The van der Waals surface area contributed by atoms with Crippen molar-refractivity contribution in [1.29, 1.82) is 5.41 Å². The standard InChI is InChI=1S/C12H17N7/c13-11(14)12(15)2-5-19(6-3-12)10-8-1-4-16-9(8)17-7-18-10/h1,4,7H,2-3,5-6,15H2,(H3,13,14)(H,16,17,18). The van der Waals surface area contributed by atoms with Crippen LogP contribution in [0.15, 0.2) is 18.6 Å². The fraction of sp³-hybridized carbons (Fsp3) is 0.417. The number of nitrogens with zero attached hydrogens (tertiary/aromatic N) is 3. The summed E-state index contributed by atoms with van der Waals surface area (Å²) in [7, 11) is 0. The Labute approximate surface area is 110 Å². The third kappa shape index (κ3) is 1.91. The van der Waals surface area contributed by atoms with Crippen LogP contribution in [0.5, 0.6) is 0 Å². The van der Waals surface area contributed by atoms with Gasteiger partial charge in [0.15, 0.2) is 0 Å². The highest BCUT2D eigenvalue weighted by Crippen LogP contribution is 2.27. The quantitative estimate of drug-likeness (QED) is 0.453. The molecule has 0 saturated carbocycles. The van der Waals surface area contributed by atoms with E-state index in [1.807, 2.05) is 12.3 Å². The predicted molar refractivity (Wildman–Crippen MR) is 74.2 cm³/mol. The molecule has 3 heterocycles. The molecule has 3 rings (SSSR count). The number of aromatic nitrogens is 3. The summed E-state index contributed by atoms with van der Waals surface area (Å²) < 4.78 is 0. The van der Waals surface area contributed by atoms with Crippen molar-refractivity contribution >= 4 is 22.7 Å². The molecular formula is C12H17N7. The Bertz CT molecular complexity index is 609. The molecule has 0 atom stereocenters. The molecule has 0 aromatic carbocycles. The summed E-state index contributed by atoms with van der Waals surface area (Å²) >= 11 is 0. The third-order valence-electron chi connectivity index (χ3n) is 3.82. The van der Waals surface area contributed by atoms with Crippen LogP contribution >= 0.6 is 0 Å². The van der Waals surface area contributed by atoms with E-state index in [-0.39, 0.29) is 5.84 Å². The second-order valence-electron chi connectivity index (χ2n) is 4.99. The summed E-state index contributed by atoms with van der Waals surface area (Å²) in [5, 5.41) is 8.58. The minimum absolute atomic E-state index is 0.0710. The van der Waals surface area contributed by atoms with Crippen LogP contribution in [-0.4, -0.2) is 39.4 Å². The van der Waals surface area contributed by atoms with Gasteiger partial charge in [-0.25, -0.2) is 9.97 Å². The first kappa shape index (κ1) is 11.9. The van der Waals surface area contributed by atoms with Gasteiger partial charge in [-0.2, -0.15) is 0 Å². The highest BCUT2D eigenvalue weighted by atomic mass is 15.2. The number of H-pyrrole nitrogens is 1. The van der Waals surface area contributed by atoms with Crippen molar-refractivity contribution in [3.63, 3.8) is 0 Å². The van der Waals surface area contributed by atoms with Gasteiger partial charge in [-0.3, -0.25) is 5.41 Å². The molecule has 0 unspecified atom stereocenters. The maximum Gasteiger partial charge on any atom is 0.142 e. The van der Waals surface area contributed by atoms with Crippen molar-refractivity contribution in [3.8, 4) is 0 Å². The molecule has 2 aromatic rings. The second-order valence-corrected chi connectivity index (χ2v) is 4.99. The predicted octanol–water partition coefficient (Wildman–Crippen LogP) is 0.192. The topological polar surface area (TPSA) is 121 Å². The molecule has 1 aliphatic heterocycles. The van der Waals surface area contributed by atoms with Crippen LogP contribution in [0.4, 0.5) is 5.82 Å². The van der Waals surface area contributed by atoms with Crippen LogP contribution in [0.2, 0.25) is 0 Å². The first-order valence-corrected chi connectivity index (χ1v) is 6.26. The first-order valence-electron chi connectivity index (χ1n) is 6.26. The van der Waals surface area contributed by atoms with Crippen LogP contribution in [0, 0.1) is 5.41 Å². The average Bonchev–Trinajstić information content (AvgIpc) is 2.87. The zero-order valence-corrected chi connectivity index (χ0v) is 10.6. The summed E-state index contributed by atoms with van der Waals surface area (Å²) in [5.41, 5.74) is 11.9. The van der Waals surface area contributed by atoms with Gasteiger partial charge in [0.1, 0.15) is 23.6 Å². The summed E-state index contributed by atoms with van der Waals surface area (Å²) in [6.45, 7) is 1.49. The molecule has 7 nitrogen and oxygen atoms in total. The maximum absolute atomic E-state index is 7.57. The van der Waals surface area contributed by atoms with Crippen molar-refractivity contribution < 1.29 is 0 Å². The number of amidine groups is 1. The van der Waals surface area contributed by atoms with Gasteiger partial charge in [-0.15, -0.1) is 0 Å². The van der Waals surface area contributed by atoms with E-state index < -0.39 is 5.54 Å². The largest absolute Gasteiger partial charge is 0.386 e. The summed E-state index contributed by atoms with van der Waals surface area (Å²) in [4.78, 5) is 13.8. The molecule has 0 aliphatic carbocycles. The number of nitrogens with one attached hydrogen (secondary N) is 2. The fourth-order valence-electron chi connectivity index (χ4n) is 2.50. The molecule has 1 saturated heterocycles. The number of nitrogens with two attached hydrogens (primary N) is 2. The number of aromatic amines is 1. The average molecular weight is 259 g/mol. The molecular weight excluding hydrogens is 242 g/mol. The van der Waals surface area contributed by atoms with Gasteiger partial charge in [0.05, 0.1) is 10.9 Å². The fourth-order valence-corrected chi connectivity index (χ4v) is 2.50. The summed E-state index contributed by atoms with van der Waals surface area (Å²) in [6, 6.07) is 1.97. The van der Waals surface area contributed by atoms with Gasteiger partial charge in [-0.1, -0.05) is 0 Å². The van der Waals surface area contributed by atoms with E-state index in [0.29, 0.717) is 12.8 Å². The maximum atomic E-state index is 7.57. The number of piperidine rings is 1. The van der Waals surface area contributed by atoms with Gasteiger partial charge < -0.3 is 21.4 Å². The molecule has 6 N–H and O–H groups in total. The zero-order chi connectivity index (χ0) is 13.5. The number of hydrogen-bond donors (Lipinski definition) is 4. The van der Waals surface area contributed by atoms with Crippen LogP contribution in [0.3, 0.4) is 0 Å². The Kier molecular flexibility index (Phi) is 2.63. The van der Waals surface area contributed by atoms with Crippen molar-refractivity contribution in [2.24, 2.45) is 11.5 Å². The lowest BCUT2D eigenvalue weighted by Gasteiger charge is -2.38. The van der Waals surface area contributed by atoms with Crippen LogP contribution < -0.4 is 16.4 Å². The number of hydrogen-bond acceptors (Lipinski definition) is 5. The molecule has 0 radical (unpaired) electrons. The normalized spacial score (nSPS) is 18.7. The van der Waals surface area contributed by atoms with Crippen molar-refractivity contribution in [2.45, 2.75) is 18.4 Å². The summed E-state index contributed by atoms with van der Waals surface area (Å²) in [5.74, 6) is 0.985. The third-order valence-corrected chi connectivity index (χ3v) is 3.82. The molecule has 0 bridgehead atoms. The molecule has 0 spiro atoms. The lowest BCUT2D eigenvalue weighted by Crippen LogP contribution is -2.58. The Hall–Kier alpha value is -2.15. The van der Waals surface area contributed by atoms with E-state index in [1.54, 1.807) is 6.33 Å². The number of rotatable bonds is 2. The van der Waals surface area contributed by atoms with E-state index in [9.17, 15) is 0 Å². The lowest BCUT2D eigenvalue weighted by molar-refractivity contribution is 0.426. The van der Waals surface area contributed by atoms with E-state index in [1.165, 1.54) is 0 Å². The van der Waals surface area contributed by atoms with Gasteiger partial charge in [0.25, 0.3) is 0 Å². The number of anilines is 1. The van der Waals surface area contributed by atoms with Gasteiger partial charge in [-0.05, 0) is 18.9 Å². The van der Waals surface area contributed by atoms with Crippen molar-refractivity contribution in [2.75, 3.05) is 18.0 Å². The highest BCUT2D eigenvalue weighted by Gasteiger charge is 2.34. The monoisotopic (exact) mass is 259 g/mol. The Morgan fingerprint density at radius 3 is 2.79 bits per heavy atom. The molecule has 0 amide bonds. The first-order chi connectivity index (χ1) is 9.10. The summed E-state index contributed by atoms with van der Waals surface area (Å²) in [6.07, 6.45) is 4.75. The van der Waals surface area contributed by atoms with Crippen LogP contribution in [0.25, 0.3) is 11.0 Å². The SMILES string of the molecule is N=C(N)C1(N)CCN(c2ncnc3[nH]ccc23)CC1. The Morgan fingerprint density at radius 2 is 2.11 bits per heavy atom. The zero-order valence-electron chi connectivity index (χ0n) is 10.6. The number of fused-ring (bicyclic) bond motifs is 1. The molecule has 19 heavy (non-hydrogen) atoms. The van der Waals surface area contributed by atoms with Gasteiger partial charge in [0, 0.05) is 19.3 Å². The second kappa shape index (κ2) is 4.20. The molecule has 2 aromatic heterocycles. The lowest BCUT2D eigenvalue weighted by atomic mass is 9.87. The van der Waals surface area contributed by atoms with Gasteiger partial charge in [0.2, 0.25) is 0 Å².